The molecule has 0 saturated carbocycles. The van der Waals surface area contributed by atoms with Gasteiger partial charge in [0.2, 0.25) is 5.91 Å². The topological polar surface area (TPSA) is 88.1 Å². The molecule has 0 aliphatic heterocycles. The molecule has 3 N–H and O–H groups in total. The number of carbonyl (C=O) groups is 2. The summed E-state index contributed by atoms with van der Waals surface area (Å²) in [6, 6.07) is 7.84. The SMILES string of the molecule is Cc1nn(C)cc1[C@H](C)NC(=O)N[C@@H](C)C(=O)Nc1ccccc1. The molecule has 0 aliphatic carbocycles. The van der Waals surface area contributed by atoms with Crippen molar-refractivity contribution >= 4 is 17.6 Å². The molecule has 0 saturated heterocycles. The minimum absolute atomic E-state index is 0.205. The number of nitrogens with zero attached hydrogens (tertiary/aromatic N) is 2. The molecule has 0 bridgehead atoms. The summed E-state index contributed by atoms with van der Waals surface area (Å²) in [7, 11) is 1.83. The summed E-state index contributed by atoms with van der Waals surface area (Å²) in [6.07, 6.45) is 1.87. The van der Waals surface area contributed by atoms with Gasteiger partial charge >= 0.3 is 6.03 Å². The van der Waals surface area contributed by atoms with Gasteiger partial charge in [0.25, 0.3) is 0 Å². The standard InChI is InChI=1S/C17H23N5O2/c1-11(15-10-22(4)21-12(15)2)18-17(24)19-13(3)16(23)20-14-8-6-5-7-9-14/h5-11,13H,1-4H3,(H,20,23)(H2,18,19,24)/t11-,13-/m0/s1. The molecule has 2 atom stereocenters. The predicted molar refractivity (Wildman–Crippen MR) is 92.6 cm³/mol. The number of benzene rings is 1. The van der Waals surface area contributed by atoms with Crippen LogP contribution in [-0.2, 0) is 11.8 Å². The van der Waals surface area contributed by atoms with Gasteiger partial charge in [-0.3, -0.25) is 9.48 Å². The van der Waals surface area contributed by atoms with Crippen LogP contribution in [0.5, 0.6) is 0 Å². The molecule has 3 amide bonds. The van der Waals surface area contributed by atoms with E-state index in [-0.39, 0.29) is 11.9 Å². The maximum Gasteiger partial charge on any atom is 0.315 e. The number of aromatic nitrogens is 2. The van der Waals surface area contributed by atoms with Crippen LogP contribution < -0.4 is 16.0 Å². The van der Waals surface area contributed by atoms with E-state index in [0.29, 0.717) is 5.69 Å². The Hall–Kier alpha value is -2.83. The number of anilines is 1. The number of para-hydroxylation sites is 1. The number of nitrogens with one attached hydrogen (secondary N) is 3. The van der Waals surface area contributed by atoms with E-state index in [1.54, 1.807) is 23.7 Å². The Morgan fingerprint density at radius 2 is 1.79 bits per heavy atom. The highest BCUT2D eigenvalue weighted by molar-refractivity contribution is 5.96. The average Bonchev–Trinajstić information content (AvgIpc) is 2.86. The maximum absolute atomic E-state index is 12.1. The van der Waals surface area contributed by atoms with Gasteiger partial charge in [-0.25, -0.2) is 4.79 Å². The van der Waals surface area contributed by atoms with Crippen molar-refractivity contribution in [3.63, 3.8) is 0 Å². The van der Waals surface area contributed by atoms with Gasteiger partial charge in [0.05, 0.1) is 11.7 Å². The number of rotatable bonds is 5. The Bertz CT molecular complexity index is 711. The van der Waals surface area contributed by atoms with Gasteiger partial charge in [-0.05, 0) is 32.9 Å². The molecule has 1 aromatic carbocycles. The third-order valence-corrected chi connectivity index (χ3v) is 3.65. The second kappa shape index (κ2) is 7.63. The van der Waals surface area contributed by atoms with Gasteiger partial charge in [-0.1, -0.05) is 18.2 Å². The van der Waals surface area contributed by atoms with Crippen molar-refractivity contribution in [1.82, 2.24) is 20.4 Å². The lowest BCUT2D eigenvalue weighted by Gasteiger charge is -2.18. The van der Waals surface area contributed by atoms with Crippen LogP contribution in [0.15, 0.2) is 36.5 Å². The summed E-state index contributed by atoms with van der Waals surface area (Å²) in [6.45, 7) is 5.40. The molecule has 0 aliphatic rings. The van der Waals surface area contributed by atoms with Crippen molar-refractivity contribution in [3.8, 4) is 0 Å². The van der Waals surface area contributed by atoms with Gasteiger partial charge in [0.1, 0.15) is 6.04 Å². The van der Waals surface area contributed by atoms with Crippen LogP contribution >= 0.6 is 0 Å². The monoisotopic (exact) mass is 329 g/mol. The average molecular weight is 329 g/mol. The molecule has 2 rings (SSSR count). The lowest BCUT2D eigenvalue weighted by atomic mass is 10.1. The van der Waals surface area contributed by atoms with Crippen molar-refractivity contribution in [3.05, 3.63) is 47.8 Å². The molecule has 128 valence electrons. The largest absolute Gasteiger partial charge is 0.332 e. The van der Waals surface area contributed by atoms with E-state index in [1.165, 1.54) is 0 Å². The predicted octanol–water partition coefficient (Wildman–Crippen LogP) is 2.12. The summed E-state index contributed by atoms with van der Waals surface area (Å²) in [5, 5.41) is 12.5. The molecular formula is C17H23N5O2. The molecule has 24 heavy (non-hydrogen) atoms. The van der Waals surface area contributed by atoms with Gasteiger partial charge in [-0.15, -0.1) is 0 Å². The summed E-state index contributed by atoms with van der Waals surface area (Å²) < 4.78 is 1.71. The molecular weight excluding hydrogens is 306 g/mol. The van der Waals surface area contributed by atoms with Crippen molar-refractivity contribution in [2.45, 2.75) is 32.9 Å². The van der Waals surface area contributed by atoms with E-state index in [0.717, 1.165) is 11.3 Å². The maximum atomic E-state index is 12.1. The number of hydrogen-bond donors (Lipinski definition) is 3. The zero-order valence-corrected chi connectivity index (χ0v) is 14.3. The Balaban J connectivity index is 1.87. The second-order valence-corrected chi connectivity index (χ2v) is 5.76. The fourth-order valence-corrected chi connectivity index (χ4v) is 2.39. The minimum Gasteiger partial charge on any atom is -0.332 e. The molecule has 7 heteroatoms. The highest BCUT2D eigenvalue weighted by Crippen LogP contribution is 2.15. The Kier molecular flexibility index (Phi) is 5.57. The van der Waals surface area contributed by atoms with Crippen LogP contribution in [0.2, 0.25) is 0 Å². The zero-order chi connectivity index (χ0) is 17.7. The first-order valence-corrected chi connectivity index (χ1v) is 7.80. The van der Waals surface area contributed by atoms with Crippen LogP contribution in [0.25, 0.3) is 0 Å². The van der Waals surface area contributed by atoms with Crippen LogP contribution in [0, 0.1) is 6.92 Å². The summed E-state index contributed by atoms with van der Waals surface area (Å²) >= 11 is 0. The Morgan fingerprint density at radius 1 is 1.12 bits per heavy atom. The smallest absolute Gasteiger partial charge is 0.315 e. The second-order valence-electron chi connectivity index (χ2n) is 5.76. The third-order valence-electron chi connectivity index (χ3n) is 3.65. The van der Waals surface area contributed by atoms with E-state index in [2.05, 4.69) is 21.0 Å². The highest BCUT2D eigenvalue weighted by atomic mass is 16.2. The quantitative estimate of drug-likeness (QED) is 0.785. The Labute approximate surface area is 141 Å². The summed E-state index contributed by atoms with van der Waals surface area (Å²) in [5.74, 6) is -0.276. The van der Waals surface area contributed by atoms with Crippen LogP contribution in [-0.4, -0.2) is 27.8 Å². The first-order chi connectivity index (χ1) is 11.4. The van der Waals surface area contributed by atoms with Crippen molar-refractivity contribution in [2.75, 3.05) is 5.32 Å². The first-order valence-electron chi connectivity index (χ1n) is 7.80. The fourth-order valence-electron chi connectivity index (χ4n) is 2.39. The van der Waals surface area contributed by atoms with Crippen molar-refractivity contribution in [1.29, 1.82) is 0 Å². The molecule has 7 nitrogen and oxygen atoms in total. The lowest BCUT2D eigenvalue weighted by molar-refractivity contribution is -0.117. The van der Waals surface area contributed by atoms with Crippen LogP contribution in [0.4, 0.5) is 10.5 Å². The van der Waals surface area contributed by atoms with Gasteiger partial charge in [-0.2, -0.15) is 5.10 Å². The molecule has 0 unspecified atom stereocenters. The third kappa shape index (κ3) is 4.58. The first kappa shape index (κ1) is 17.5. The number of carbonyl (C=O) groups excluding carboxylic acids is 2. The van der Waals surface area contributed by atoms with Crippen molar-refractivity contribution < 1.29 is 9.59 Å². The van der Waals surface area contributed by atoms with Crippen LogP contribution in [0.3, 0.4) is 0 Å². The number of aryl methyl sites for hydroxylation is 2. The van der Waals surface area contributed by atoms with Gasteiger partial charge < -0.3 is 16.0 Å². The molecule has 0 fully saturated rings. The molecule has 2 aromatic rings. The van der Waals surface area contributed by atoms with E-state index >= 15 is 0 Å². The minimum atomic E-state index is -0.660. The van der Waals surface area contributed by atoms with E-state index in [4.69, 9.17) is 0 Å². The molecule has 1 heterocycles. The number of amides is 3. The van der Waals surface area contributed by atoms with Gasteiger partial charge in [0, 0.05) is 24.5 Å². The van der Waals surface area contributed by atoms with E-state index in [9.17, 15) is 9.59 Å². The molecule has 0 radical (unpaired) electrons. The number of urea groups is 1. The van der Waals surface area contributed by atoms with E-state index < -0.39 is 12.1 Å². The van der Waals surface area contributed by atoms with Crippen molar-refractivity contribution in [2.24, 2.45) is 7.05 Å². The summed E-state index contributed by atoms with van der Waals surface area (Å²) in [4.78, 5) is 24.2. The summed E-state index contributed by atoms with van der Waals surface area (Å²) in [5.41, 5.74) is 2.49. The highest BCUT2D eigenvalue weighted by Gasteiger charge is 2.18. The Morgan fingerprint density at radius 3 is 2.38 bits per heavy atom. The van der Waals surface area contributed by atoms with Crippen LogP contribution in [0.1, 0.15) is 31.1 Å². The lowest BCUT2D eigenvalue weighted by Crippen LogP contribution is -2.46. The molecule has 0 spiro atoms. The molecule has 1 aromatic heterocycles. The van der Waals surface area contributed by atoms with E-state index in [1.807, 2.05) is 45.3 Å². The van der Waals surface area contributed by atoms with Gasteiger partial charge in [0.15, 0.2) is 0 Å². The zero-order valence-electron chi connectivity index (χ0n) is 14.3. The number of hydrogen-bond acceptors (Lipinski definition) is 3. The fraction of sp³-hybridized carbons (Fsp3) is 0.353. The normalized spacial score (nSPS) is 13.0.